The minimum Gasteiger partial charge on any atom is -0.462 e. The lowest BCUT2D eigenvalue weighted by Gasteiger charge is -2.30. The van der Waals surface area contributed by atoms with Crippen LogP contribution in [0.15, 0.2) is 45.7 Å². The van der Waals surface area contributed by atoms with Crippen molar-refractivity contribution in [2.45, 2.75) is 12.8 Å². The van der Waals surface area contributed by atoms with Crippen molar-refractivity contribution < 1.29 is 14.3 Å². The number of carbonyl (C=O) groups is 1. The minimum absolute atomic E-state index is 0.0613. The monoisotopic (exact) mass is 315 g/mol. The molecular formula is C17H21N3O3. The topological polar surface area (TPSA) is 86.3 Å². The van der Waals surface area contributed by atoms with Crippen molar-refractivity contribution in [2.75, 3.05) is 20.7 Å². The Labute approximate surface area is 135 Å². The summed E-state index contributed by atoms with van der Waals surface area (Å²) in [6.45, 7) is 2.01. The second-order valence-corrected chi connectivity index (χ2v) is 5.01. The number of fused-ring (bicyclic) bond motifs is 1. The van der Waals surface area contributed by atoms with E-state index in [0.717, 1.165) is 5.56 Å². The van der Waals surface area contributed by atoms with E-state index in [9.17, 15) is 4.79 Å². The molecule has 0 bridgehead atoms. The normalized spacial score (nSPS) is 18.8. The van der Waals surface area contributed by atoms with Gasteiger partial charge in [0.05, 0.1) is 6.61 Å². The summed E-state index contributed by atoms with van der Waals surface area (Å²) in [4.78, 5) is 20.6. The number of ether oxygens (including phenoxy) is 2. The van der Waals surface area contributed by atoms with Crippen molar-refractivity contribution in [1.29, 1.82) is 0 Å². The second kappa shape index (κ2) is 7.58. The zero-order chi connectivity index (χ0) is 16.8. The van der Waals surface area contributed by atoms with E-state index >= 15 is 0 Å². The van der Waals surface area contributed by atoms with E-state index < -0.39 is 5.97 Å². The van der Waals surface area contributed by atoms with Crippen LogP contribution in [0.5, 0.6) is 5.75 Å². The standard InChI is InChI=1S/C17H21N3O3/c1-4-22-17(21)15-14(11(9-19-2)10-20-3)12-7-5-6-8-13(12)23-16(15)18/h5-11,14H,4,18H2,1-3H3. The summed E-state index contributed by atoms with van der Waals surface area (Å²) in [5, 5.41) is 0. The second-order valence-electron chi connectivity index (χ2n) is 5.01. The Hall–Kier alpha value is -2.63. The number of benzene rings is 1. The molecule has 1 unspecified atom stereocenters. The summed E-state index contributed by atoms with van der Waals surface area (Å²) in [6.07, 6.45) is 3.48. The molecule has 1 aromatic rings. The van der Waals surface area contributed by atoms with E-state index in [0.29, 0.717) is 11.3 Å². The molecule has 6 heteroatoms. The van der Waals surface area contributed by atoms with Gasteiger partial charge in [0.2, 0.25) is 5.88 Å². The fourth-order valence-electron chi connectivity index (χ4n) is 2.70. The lowest BCUT2D eigenvalue weighted by atomic mass is 9.79. The molecule has 1 aliphatic heterocycles. The van der Waals surface area contributed by atoms with Crippen LogP contribution in [0.1, 0.15) is 18.4 Å². The van der Waals surface area contributed by atoms with Crippen LogP contribution >= 0.6 is 0 Å². The minimum atomic E-state index is -0.483. The van der Waals surface area contributed by atoms with Crippen LogP contribution in [0, 0.1) is 5.92 Å². The average Bonchev–Trinajstić information content (AvgIpc) is 2.53. The molecule has 1 heterocycles. The Balaban J connectivity index is 2.60. The van der Waals surface area contributed by atoms with Gasteiger partial charge in [-0.05, 0) is 13.0 Å². The first kappa shape index (κ1) is 16.7. The maximum absolute atomic E-state index is 12.4. The Bertz CT molecular complexity index is 653. The van der Waals surface area contributed by atoms with E-state index in [4.69, 9.17) is 15.2 Å². The summed E-state index contributed by atoms with van der Waals surface area (Å²) < 4.78 is 10.8. The molecule has 0 saturated heterocycles. The van der Waals surface area contributed by atoms with Crippen molar-refractivity contribution in [2.24, 2.45) is 21.6 Å². The highest BCUT2D eigenvalue weighted by atomic mass is 16.5. The van der Waals surface area contributed by atoms with Crippen molar-refractivity contribution in [3.05, 3.63) is 41.3 Å². The quantitative estimate of drug-likeness (QED) is 0.664. The van der Waals surface area contributed by atoms with Gasteiger partial charge in [0.1, 0.15) is 11.3 Å². The number of nitrogens with two attached hydrogens (primary N) is 1. The zero-order valence-corrected chi connectivity index (χ0v) is 13.5. The average molecular weight is 315 g/mol. The fraction of sp³-hybridized carbons (Fsp3) is 0.353. The van der Waals surface area contributed by atoms with Gasteiger partial charge in [-0.3, -0.25) is 0 Å². The van der Waals surface area contributed by atoms with Crippen LogP contribution in [-0.4, -0.2) is 39.1 Å². The molecule has 0 aliphatic carbocycles. The Kier molecular flexibility index (Phi) is 5.51. The van der Waals surface area contributed by atoms with Crippen molar-refractivity contribution in [3.8, 4) is 5.75 Å². The number of hydrogen-bond donors (Lipinski definition) is 1. The third-order valence-corrected chi connectivity index (χ3v) is 3.57. The van der Waals surface area contributed by atoms with Crippen LogP contribution in [0.25, 0.3) is 0 Å². The van der Waals surface area contributed by atoms with Gasteiger partial charge >= 0.3 is 5.97 Å². The predicted octanol–water partition coefficient (Wildman–Crippen LogP) is 1.91. The SMILES string of the molecule is CCOC(=O)C1=C(N)Oc2ccccc2C1C(C=NC)C=NC. The molecule has 122 valence electrons. The van der Waals surface area contributed by atoms with Gasteiger partial charge in [0, 0.05) is 43.9 Å². The lowest BCUT2D eigenvalue weighted by molar-refractivity contribution is -0.139. The largest absolute Gasteiger partial charge is 0.462 e. The van der Waals surface area contributed by atoms with Gasteiger partial charge < -0.3 is 25.2 Å². The first-order valence-corrected chi connectivity index (χ1v) is 7.42. The number of nitrogens with zero attached hydrogens (tertiary/aromatic N) is 2. The summed E-state index contributed by atoms with van der Waals surface area (Å²) in [6, 6.07) is 7.48. The maximum Gasteiger partial charge on any atom is 0.340 e. The summed E-state index contributed by atoms with van der Waals surface area (Å²) >= 11 is 0. The molecule has 2 rings (SSSR count). The smallest absolute Gasteiger partial charge is 0.340 e. The molecule has 1 aromatic carbocycles. The maximum atomic E-state index is 12.4. The predicted molar refractivity (Wildman–Crippen MR) is 90.0 cm³/mol. The molecular weight excluding hydrogens is 294 g/mol. The van der Waals surface area contributed by atoms with Crippen molar-refractivity contribution in [1.82, 2.24) is 0 Å². The van der Waals surface area contributed by atoms with Crippen LogP contribution < -0.4 is 10.5 Å². The molecule has 0 amide bonds. The number of hydrogen-bond acceptors (Lipinski definition) is 6. The van der Waals surface area contributed by atoms with Crippen LogP contribution in [0.2, 0.25) is 0 Å². The van der Waals surface area contributed by atoms with E-state index in [1.165, 1.54) is 0 Å². The third-order valence-electron chi connectivity index (χ3n) is 3.57. The van der Waals surface area contributed by atoms with Crippen LogP contribution in [0.4, 0.5) is 0 Å². The Morgan fingerprint density at radius 3 is 2.61 bits per heavy atom. The molecule has 0 fully saturated rings. The number of carbonyl (C=O) groups excluding carboxylic acids is 1. The van der Waals surface area contributed by atoms with E-state index in [1.807, 2.05) is 24.3 Å². The van der Waals surface area contributed by atoms with E-state index in [2.05, 4.69) is 9.98 Å². The van der Waals surface area contributed by atoms with Crippen molar-refractivity contribution >= 4 is 18.4 Å². The number of para-hydroxylation sites is 1. The molecule has 0 radical (unpaired) electrons. The van der Waals surface area contributed by atoms with Gasteiger partial charge in [-0.25, -0.2) is 4.79 Å². The molecule has 23 heavy (non-hydrogen) atoms. The Morgan fingerprint density at radius 2 is 2.00 bits per heavy atom. The summed E-state index contributed by atoms with van der Waals surface area (Å²) in [5.74, 6) is -0.379. The number of esters is 1. The molecule has 0 spiro atoms. The molecule has 1 atom stereocenters. The zero-order valence-electron chi connectivity index (χ0n) is 13.5. The van der Waals surface area contributed by atoms with Gasteiger partial charge in [-0.1, -0.05) is 18.2 Å². The highest BCUT2D eigenvalue weighted by molar-refractivity contribution is 5.96. The molecule has 1 aliphatic rings. The Morgan fingerprint density at radius 1 is 1.35 bits per heavy atom. The van der Waals surface area contributed by atoms with Crippen LogP contribution in [0.3, 0.4) is 0 Å². The lowest BCUT2D eigenvalue weighted by Crippen LogP contribution is -2.31. The highest BCUT2D eigenvalue weighted by Crippen LogP contribution is 2.42. The molecule has 0 saturated carbocycles. The summed E-state index contributed by atoms with van der Waals surface area (Å²) in [7, 11) is 3.36. The van der Waals surface area contributed by atoms with E-state index in [1.54, 1.807) is 33.4 Å². The highest BCUT2D eigenvalue weighted by Gasteiger charge is 2.38. The molecule has 6 nitrogen and oxygen atoms in total. The van der Waals surface area contributed by atoms with Gasteiger partial charge in [0.15, 0.2) is 0 Å². The van der Waals surface area contributed by atoms with Crippen LogP contribution in [-0.2, 0) is 9.53 Å². The van der Waals surface area contributed by atoms with Crippen molar-refractivity contribution in [3.63, 3.8) is 0 Å². The van der Waals surface area contributed by atoms with Gasteiger partial charge in [-0.15, -0.1) is 0 Å². The number of aliphatic imine (C=N–C) groups is 2. The first-order chi connectivity index (χ1) is 11.1. The number of rotatable bonds is 5. The van der Waals surface area contributed by atoms with Gasteiger partial charge in [-0.2, -0.15) is 0 Å². The fourth-order valence-corrected chi connectivity index (χ4v) is 2.70. The van der Waals surface area contributed by atoms with Gasteiger partial charge in [0.25, 0.3) is 0 Å². The third kappa shape index (κ3) is 3.41. The summed E-state index contributed by atoms with van der Waals surface area (Å²) in [5.41, 5.74) is 7.17. The molecule has 0 aromatic heterocycles. The van der Waals surface area contributed by atoms with E-state index in [-0.39, 0.29) is 24.3 Å². The first-order valence-electron chi connectivity index (χ1n) is 7.42. The molecule has 2 N–H and O–H groups in total.